The third kappa shape index (κ3) is 4.80. The first-order chi connectivity index (χ1) is 13.7. The predicted octanol–water partition coefficient (Wildman–Crippen LogP) is 4.12. The number of carbonyl (C=O) groups is 3. The monoisotopic (exact) mass is 401 g/mol. The van der Waals surface area contributed by atoms with Crippen LogP contribution in [0.1, 0.15) is 83.9 Å². The van der Waals surface area contributed by atoms with E-state index in [1.54, 1.807) is 0 Å². The fourth-order valence-corrected chi connectivity index (χ4v) is 3.81. The molecule has 29 heavy (non-hydrogen) atoms. The van der Waals surface area contributed by atoms with Gasteiger partial charge in [-0.1, -0.05) is 65.8 Å². The van der Waals surface area contributed by atoms with E-state index in [0.29, 0.717) is 18.8 Å². The fourth-order valence-electron chi connectivity index (χ4n) is 3.81. The summed E-state index contributed by atoms with van der Waals surface area (Å²) in [6.07, 6.45) is 2.08. The van der Waals surface area contributed by atoms with E-state index in [1.165, 1.54) is 5.56 Å². The SMILES string of the molecule is CCC(C)c1ccc(C(NC(=O)CN2C(=O)NC(CC)(CC)C2=O)C(C)C)cc1. The lowest BCUT2D eigenvalue weighted by molar-refractivity contribution is -0.135. The predicted molar refractivity (Wildman–Crippen MR) is 114 cm³/mol. The summed E-state index contributed by atoms with van der Waals surface area (Å²) in [5.41, 5.74) is 1.41. The molecule has 0 aliphatic carbocycles. The number of imide groups is 1. The largest absolute Gasteiger partial charge is 0.347 e. The van der Waals surface area contributed by atoms with Crippen molar-refractivity contribution >= 4 is 17.8 Å². The van der Waals surface area contributed by atoms with Gasteiger partial charge in [0.15, 0.2) is 0 Å². The molecule has 4 amide bonds. The van der Waals surface area contributed by atoms with Gasteiger partial charge in [0.05, 0.1) is 6.04 Å². The van der Waals surface area contributed by atoms with Gasteiger partial charge in [0.1, 0.15) is 12.1 Å². The maximum absolute atomic E-state index is 12.7. The van der Waals surface area contributed by atoms with E-state index >= 15 is 0 Å². The van der Waals surface area contributed by atoms with Crippen LogP contribution >= 0.6 is 0 Å². The topological polar surface area (TPSA) is 78.5 Å². The van der Waals surface area contributed by atoms with Crippen LogP contribution < -0.4 is 10.6 Å². The summed E-state index contributed by atoms with van der Waals surface area (Å²) in [4.78, 5) is 38.7. The molecule has 6 nitrogen and oxygen atoms in total. The van der Waals surface area contributed by atoms with Crippen molar-refractivity contribution in [1.82, 2.24) is 15.5 Å². The van der Waals surface area contributed by atoms with E-state index in [0.717, 1.165) is 16.9 Å². The van der Waals surface area contributed by atoms with Crippen LogP contribution in [0, 0.1) is 5.92 Å². The highest BCUT2D eigenvalue weighted by Gasteiger charge is 2.49. The maximum atomic E-state index is 12.7. The minimum absolute atomic E-state index is 0.168. The second-order valence-corrected chi connectivity index (χ2v) is 8.38. The number of amides is 4. The Labute approximate surface area is 174 Å². The lowest BCUT2D eigenvalue weighted by atomic mass is 9.92. The van der Waals surface area contributed by atoms with Crippen LogP contribution in [0.5, 0.6) is 0 Å². The Kier molecular flexibility index (Phi) is 7.44. The molecule has 1 heterocycles. The van der Waals surface area contributed by atoms with Gasteiger partial charge in [-0.25, -0.2) is 4.79 Å². The quantitative estimate of drug-likeness (QED) is 0.611. The molecule has 160 valence electrons. The molecule has 1 aliphatic heterocycles. The zero-order valence-corrected chi connectivity index (χ0v) is 18.5. The molecule has 0 aromatic heterocycles. The fraction of sp³-hybridized carbons (Fsp3) is 0.609. The first kappa shape index (κ1) is 22.9. The zero-order valence-electron chi connectivity index (χ0n) is 18.5. The number of hydrogen-bond donors (Lipinski definition) is 2. The van der Waals surface area contributed by atoms with Crippen LogP contribution in [0.4, 0.5) is 4.79 Å². The van der Waals surface area contributed by atoms with Gasteiger partial charge in [0, 0.05) is 0 Å². The van der Waals surface area contributed by atoms with Crippen molar-refractivity contribution < 1.29 is 14.4 Å². The van der Waals surface area contributed by atoms with Crippen LogP contribution in [0.3, 0.4) is 0 Å². The van der Waals surface area contributed by atoms with Crippen molar-refractivity contribution in [2.75, 3.05) is 6.54 Å². The van der Waals surface area contributed by atoms with Crippen molar-refractivity contribution in [3.8, 4) is 0 Å². The zero-order chi connectivity index (χ0) is 21.8. The summed E-state index contributed by atoms with van der Waals surface area (Å²) in [6.45, 7) is 11.9. The number of nitrogens with one attached hydrogen (secondary N) is 2. The molecule has 2 atom stereocenters. The normalized spacial score (nSPS) is 18.0. The highest BCUT2D eigenvalue weighted by molar-refractivity contribution is 6.09. The van der Waals surface area contributed by atoms with Gasteiger partial charge >= 0.3 is 6.03 Å². The third-order valence-corrected chi connectivity index (χ3v) is 6.21. The second kappa shape index (κ2) is 9.42. The summed E-state index contributed by atoms with van der Waals surface area (Å²) >= 11 is 0. The van der Waals surface area contributed by atoms with Gasteiger partial charge in [-0.3, -0.25) is 14.5 Å². The standard InChI is InChI=1S/C23H35N3O3/c1-7-16(6)17-10-12-18(13-11-17)20(15(4)5)24-19(27)14-26-21(28)23(8-2,9-3)25-22(26)29/h10-13,15-16,20H,7-9,14H2,1-6H3,(H,24,27)(H,25,29). The average Bonchev–Trinajstić information content (AvgIpc) is 2.96. The van der Waals surface area contributed by atoms with Crippen LogP contribution in [0.15, 0.2) is 24.3 Å². The molecule has 1 fully saturated rings. The van der Waals surface area contributed by atoms with E-state index in [9.17, 15) is 14.4 Å². The Bertz CT molecular complexity index is 738. The Hall–Kier alpha value is -2.37. The lowest BCUT2D eigenvalue weighted by Gasteiger charge is -2.25. The van der Waals surface area contributed by atoms with E-state index in [-0.39, 0.29) is 30.3 Å². The van der Waals surface area contributed by atoms with Crippen molar-refractivity contribution in [2.45, 2.75) is 78.3 Å². The second-order valence-electron chi connectivity index (χ2n) is 8.38. The molecule has 2 unspecified atom stereocenters. The summed E-state index contributed by atoms with van der Waals surface area (Å²) in [6, 6.07) is 7.65. The molecule has 1 aromatic carbocycles. The van der Waals surface area contributed by atoms with E-state index in [2.05, 4.69) is 48.7 Å². The van der Waals surface area contributed by atoms with Crippen LogP contribution in [0.25, 0.3) is 0 Å². The van der Waals surface area contributed by atoms with Gasteiger partial charge in [0.25, 0.3) is 5.91 Å². The number of nitrogens with zero attached hydrogens (tertiary/aromatic N) is 1. The molecule has 1 saturated heterocycles. The molecular formula is C23H35N3O3. The molecule has 2 N–H and O–H groups in total. The van der Waals surface area contributed by atoms with Gasteiger partial charge in [-0.15, -0.1) is 0 Å². The molecular weight excluding hydrogens is 366 g/mol. The average molecular weight is 402 g/mol. The number of rotatable bonds is 9. The molecule has 1 aliphatic rings. The number of benzene rings is 1. The molecule has 6 heteroatoms. The maximum Gasteiger partial charge on any atom is 0.325 e. The summed E-state index contributed by atoms with van der Waals surface area (Å²) in [5, 5.41) is 5.77. The Morgan fingerprint density at radius 2 is 1.59 bits per heavy atom. The summed E-state index contributed by atoms with van der Waals surface area (Å²) in [7, 11) is 0. The summed E-state index contributed by atoms with van der Waals surface area (Å²) in [5.74, 6) is 0.0120. The van der Waals surface area contributed by atoms with Crippen LogP contribution in [-0.4, -0.2) is 34.8 Å². The molecule has 1 aromatic rings. The van der Waals surface area contributed by atoms with Crippen molar-refractivity contribution in [1.29, 1.82) is 0 Å². The molecule has 0 spiro atoms. The summed E-state index contributed by atoms with van der Waals surface area (Å²) < 4.78 is 0. The first-order valence-electron chi connectivity index (χ1n) is 10.7. The van der Waals surface area contributed by atoms with E-state index < -0.39 is 11.6 Å². The minimum Gasteiger partial charge on any atom is -0.347 e. The van der Waals surface area contributed by atoms with Crippen molar-refractivity contribution in [2.24, 2.45) is 5.92 Å². The minimum atomic E-state index is -0.888. The Morgan fingerprint density at radius 1 is 1.03 bits per heavy atom. The van der Waals surface area contributed by atoms with Crippen molar-refractivity contribution in [3.05, 3.63) is 35.4 Å². The molecule has 0 bridgehead atoms. The lowest BCUT2D eigenvalue weighted by Crippen LogP contribution is -2.47. The number of hydrogen-bond acceptors (Lipinski definition) is 3. The van der Waals surface area contributed by atoms with Crippen molar-refractivity contribution in [3.63, 3.8) is 0 Å². The van der Waals surface area contributed by atoms with E-state index in [1.807, 2.05) is 27.7 Å². The van der Waals surface area contributed by atoms with Gasteiger partial charge < -0.3 is 10.6 Å². The molecule has 2 rings (SSSR count). The third-order valence-electron chi connectivity index (χ3n) is 6.21. The van der Waals surface area contributed by atoms with Gasteiger partial charge in [0.2, 0.25) is 5.91 Å². The Balaban J connectivity index is 2.10. The highest BCUT2D eigenvalue weighted by atomic mass is 16.2. The first-order valence-corrected chi connectivity index (χ1v) is 10.7. The van der Waals surface area contributed by atoms with Gasteiger partial charge in [-0.05, 0) is 42.2 Å². The smallest absolute Gasteiger partial charge is 0.325 e. The van der Waals surface area contributed by atoms with Crippen LogP contribution in [0.2, 0.25) is 0 Å². The van der Waals surface area contributed by atoms with E-state index in [4.69, 9.17) is 0 Å². The van der Waals surface area contributed by atoms with Crippen LogP contribution in [-0.2, 0) is 9.59 Å². The number of urea groups is 1. The number of carbonyl (C=O) groups excluding carboxylic acids is 3. The highest BCUT2D eigenvalue weighted by Crippen LogP contribution is 2.27. The molecule has 0 radical (unpaired) electrons. The molecule has 0 saturated carbocycles. The van der Waals surface area contributed by atoms with Gasteiger partial charge in [-0.2, -0.15) is 0 Å². The Morgan fingerprint density at radius 3 is 2.03 bits per heavy atom.